The number of hydrogen-bond donors (Lipinski definition) is 1. The van der Waals surface area contributed by atoms with Crippen LogP contribution in [0.3, 0.4) is 0 Å². The second-order valence-corrected chi connectivity index (χ2v) is 6.23. The summed E-state index contributed by atoms with van der Waals surface area (Å²) >= 11 is 1.69. The zero-order valence-corrected chi connectivity index (χ0v) is 12.9. The summed E-state index contributed by atoms with van der Waals surface area (Å²) in [6.45, 7) is 1.67. The monoisotopic (exact) mass is 301 g/mol. The molecule has 1 fully saturated rings. The Morgan fingerprint density at radius 1 is 1.43 bits per heavy atom. The van der Waals surface area contributed by atoms with E-state index in [2.05, 4.69) is 22.2 Å². The Kier molecular flexibility index (Phi) is 4.01. The van der Waals surface area contributed by atoms with Gasteiger partial charge in [-0.15, -0.1) is 11.8 Å². The van der Waals surface area contributed by atoms with Crippen molar-refractivity contribution in [1.82, 2.24) is 4.98 Å². The van der Waals surface area contributed by atoms with Gasteiger partial charge in [-0.05, 0) is 25.2 Å². The van der Waals surface area contributed by atoms with E-state index in [1.54, 1.807) is 11.8 Å². The van der Waals surface area contributed by atoms with E-state index in [4.69, 9.17) is 5.73 Å². The molecule has 0 radical (unpaired) electrons. The van der Waals surface area contributed by atoms with Crippen molar-refractivity contribution in [3.8, 4) is 0 Å². The molecule has 0 bridgehead atoms. The van der Waals surface area contributed by atoms with Gasteiger partial charge >= 0.3 is 0 Å². The first kappa shape index (κ1) is 14.2. The van der Waals surface area contributed by atoms with Crippen molar-refractivity contribution >= 4 is 34.3 Å². The van der Waals surface area contributed by atoms with Crippen molar-refractivity contribution in [1.29, 1.82) is 0 Å². The Hall–Kier alpha value is -1.75. The van der Waals surface area contributed by atoms with Crippen LogP contribution in [0.2, 0.25) is 0 Å². The van der Waals surface area contributed by atoms with Crippen molar-refractivity contribution in [3.05, 3.63) is 30.5 Å². The van der Waals surface area contributed by atoms with E-state index in [1.807, 2.05) is 24.4 Å². The summed E-state index contributed by atoms with van der Waals surface area (Å²) in [6.07, 6.45) is 5.88. The lowest BCUT2D eigenvalue weighted by Gasteiger charge is -2.34. The van der Waals surface area contributed by atoms with Crippen LogP contribution in [-0.4, -0.2) is 30.2 Å². The molecule has 110 valence electrons. The lowest BCUT2D eigenvalue weighted by molar-refractivity contribution is -0.122. The van der Waals surface area contributed by atoms with Crippen LogP contribution in [0.1, 0.15) is 12.8 Å². The number of pyridine rings is 1. The van der Waals surface area contributed by atoms with Gasteiger partial charge in [0.1, 0.15) is 0 Å². The van der Waals surface area contributed by atoms with Gasteiger partial charge in [-0.3, -0.25) is 9.78 Å². The van der Waals surface area contributed by atoms with E-state index in [0.717, 1.165) is 35.2 Å². The number of hydrogen-bond acceptors (Lipinski definition) is 4. The van der Waals surface area contributed by atoms with Crippen molar-refractivity contribution in [2.75, 3.05) is 24.2 Å². The van der Waals surface area contributed by atoms with Crippen molar-refractivity contribution < 1.29 is 4.79 Å². The van der Waals surface area contributed by atoms with Crippen LogP contribution in [0.4, 0.5) is 5.69 Å². The Labute approximate surface area is 128 Å². The minimum atomic E-state index is -0.191. The van der Waals surface area contributed by atoms with Crippen LogP contribution in [0.25, 0.3) is 10.9 Å². The number of carbonyl (C=O) groups is 1. The second kappa shape index (κ2) is 5.93. The molecule has 0 unspecified atom stereocenters. The molecule has 21 heavy (non-hydrogen) atoms. The number of anilines is 1. The number of para-hydroxylation sites is 1. The molecule has 0 spiro atoms. The Morgan fingerprint density at radius 2 is 2.24 bits per heavy atom. The molecule has 1 aromatic heterocycles. The summed E-state index contributed by atoms with van der Waals surface area (Å²) in [6, 6.07) is 8.16. The smallest absolute Gasteiger partial charge is 0.222 e. The zero-order valence-electron chi connectivity index (χ0n) is 12.1. The summed E-state index contributed by atoms with van der Waals surface area (Å²) in [5, 5.41) is 1.15. The van der Waals surface area contributed by atoms with Crippen LogP contribution in [0.5, 0.6) is 0 Å². The number of benzene rings is 1. The predicted octanol–water partition coefficient (Wildman–Crippen LogP) is 2.66. The second-order valence-electron chi connectivity index (χ2n) is 5.38. The molecule has 0 saturated carbocycles. The molecule has 0 aliphatic carbocycles. The minimum absolute atomic E-state index is 0.0552. The van der Waals surface area contributed by atoms with Crippen molar-refractivity contribution in [3.63, 3.8) is 0 Å². The standard InChI is InChI=1S/C16H19N3OS/c1-21-14-9-18-13-7-3-2-6-12(13)15(14)19-8-4-5-11(10-19)16(17)20/h2-3,6-7,9,11H,4-5,8,10H2,1H3,(H2,17,20)/t11-/m1/s1. The summed E-state index contributed by atoms with van der Waals surface area (Å²) < 4.78 is 0. The van der Waals surface area contributed by atoms with Crippen molar-refractivity contribution in [2.24, 2.45) is 11.7 Å². The fourth-order valence-corrected chi connectivity index (χ4v) is 3.59. The van der Waals surface area contributed by atoms with Crippen LogP contribution >= 0.6 is 11.8 Å². The van der Waals surface area contributed by atoms with Gasteiger partial charge in [-0.1, -0.05) is 18.2 Å². The minimum Gasteiger partial charge on any atom is -0.369 e. The number of primary amides is 1. The summed E-state index contributed by atoms with van der Waals surface area (Å²) in [5.41, 5.74) is 7.69. The number of rotatable bonds is 3. The van der Waals surface area contributed by atoms with Crippen LogP contribution in [0.15, 0.2) is 35.4 Å². The number of nitrogens with zero attached hydrogens (tertiary/aromatic N) is 2. The number of thioether (sulfide) groups is 1. The maximum Gasteiger partial charge on any atom is 0.222 e. The SMILES string of the molecule is CSc1cnc2ccccc2c1N1CCC[C@@H](C(N)=O)C1. The molecule has 1 atom stereocenters. The lowest BCUT2D eigenvalue weighted by atomic mass is 9.96. The predicted molar refractivity (Wildman–Crippen MR) is 87.7 cm³/mol. The highest BCUT2D eigenvalue weighted by molar-refractivity contribution is 7.98. The largest absolute Gasteiger partial charge is 0.369 e. The first-order chi connectivity index (χ1) is 10.2. The highest BCUT2D eigenvalue weighted by Crippen LogP contribution is 2.36. The quantitative estimate of drug-likeness (QED) is 0.886. The topological polar surface area (TPSA) is 59.2 Å². The van der Waals surface area contributed by atoms with Gasteiger partial charge in [-0.25, -0.2) is 0 Å². The number of amides is 1. The molecule has 1 aromatic carbocycles. The molecule has 1 aliphatic heterocycles. The fraction of sp³-hybridized carbons (Fsp3) is 0.375. The molecular weight excluding hydrogens is 282 g/mol. The average Bonchev–Trinajstić information content (AvgIpc) is 2.53. The molecule has 2 heterocycles. The van der Waals surface area contributed by atoms with E-state index in [1.165, 1.54) is 5.69 Å². The third kappa shape index (κ3) is 2.70. The number of aromatic nitrogens is 1. The Balaban J connectivity index is 2.07. The van der Waals surface area contributed by atoms with Crippen LogP contribution in [-0.2, 0) is 4.79 Å². The first-order valence-electron chi connectivity index (χ1n) is 7.16. The van der Waals surface area contributed by atoms with E-state index in [0.29, 0.717) is 6.54 Å². The maximum atomic E-state index is 11.5. The first-order valence-corrected chi connectivity index (χ1v) is 8.39. The third-order valence-electron chi connectivity index (χ3n) is 4.07. The molecule has 5 heteroatoms. The van der Waals surface area contributed by atoms with Gasteiger partial charge in [0.15, 0.2) is 0 Å². The fourth-order valence-electron chi connectivity index (χ4n) is 3.00. The van der Waals surface area contributed by atoms with Gasteiger partial charge in [0.2, 0.25) is 5.91 Å². The molecule has 4 nitrogen and oxygen atoms in total. The highest BCUT2D eigenvalue weighted by Gasteiger charge is 2.26. The number of fused-ring (bicyclic) bond motifs is 1. The zero-order chi connectivity index (χ0) is 14.8. The average molecular weight is 301 g/mol. The molecule has 1 saturated heterocycles. The summed E-state index contributed by atoms with van der Waals surface area (Å²) in [7, 11) is 0. The van der Waals surface area contributed by atoms with E-state index in [9.17, 15) is 4.79 Å². The molecule has 3 rings (SSSR count). The van der Waals surface area contributed by atoms with E-state index in [-0.39, 0.29) is 11.8 Å². The normalized spacial score (nSPS) is 18.9. The Morgan fingerprint density at radius 3 is 3.00 bits per heavy atom. The van der Waals surface area contributed by atoms with Gasteiger partial charge in [0.25, 0.3) is 0 Å². The maximum absolute atomic E-state index is 11.5. The molecular formula is C16H19N3OS. The summed E-state index contributed by atoms with van der Waals surface area (Å²) in [4.78, 5) is 19.5. The van der Waals surface area contributed by atoms with E-state index < -0.39 is 0 Å². The number of carbonyl (C=O) groups excluding carboxylic acids is 1. The van der Waals surface area contributed by atoms with Gasteiger partial charge in [-0.2, -0.15) is 0 Å². The number of piperidine rings is 1. The third-order valence-corrected chi connectivity index (χ3v) is 4.81. The van der Waals surface area contributed by atoms with Gasteiger partial charge < -0.3 is 10.6 Å². The van der Waals surface area contributed by atoms with Gasteiger partial charge in [0, 0.05) is 29.6 Å². The van der Waals surface area contributed by atoms with Crippen molar-refractivity contribution in [2.45, 2.75) is 17.7 Å². The molecule has 1 amide bonds. The van der Waals surface area contributed by atoms with Gasteiger partial charge in [0.05, 0.1) is 17.1 Å². The molecule has 1 aliphatic rings. The Bertz CT molecular complexity index is 674. The number of nitrogens with two attached hydrogens (primary N) is 1. The van der Waals surface area contributed by atoms with Crippen LogP contribution in [0, 0.1) is 5.92 Å². The van der Waals surface area contributed by atoms with E-state index >= 15 is 0 Å². The molecule has 2 aromatic rings. The van der Waals surface area contributed by atoms with Crippen LogP contribution < -0.4 is 10.6 Å². The molecule has 2 N–H and O–H groups in total. The highest BCUT2D eigenvalue weighted by atomic mass is 32.2. The lowest BCUT2D eigenvalue weighted by Crippen LogP contribution is -2.41. The summed E-state index contributed by atoms with van der Waals surface area (Å²) in [5.74, 6) is -0.246.